The number of benzene rings is 2. The van der Waals surface area contributed by atoms with E-state index in [-0.39, 0.29) is 5.41 Å². The van der Waals surface area contributed by atoms with Gasteiger partial charge >= 0.3 is 0 Å². The van der Waals surface area contributed by atoms with Gasteiger partial charge in [0.15, 0.2) is 0 Å². The summed E-state index contributed by atoms with van der Waals surface area (Å²) in [4.78, 5) is 3.14. The van der Waals surface area contributed by atoms with E-state index in [0.717, 1.165) is 18.1 Å². The Labute approximate surface area is 152 Å². The zero-order valence-electron chi connectivity index (χ0n) is 15.1. The maximum Gasteiger partial charge on any atom is 0.0753 e. The van der Waals surface area contributed by atoms with E-state index in [2.05, 4.69) is 86.4 Å². The van der Waals surface area contributed by atoms with Gasteiger partial charge in [-0.15, -0.1) is 0 Å². The molecule has 0 saturated carbocycles. The van der Waals surface area contributed by atoms with Gasteiger partial charge in [0.05, 0.1) is 4.99 Å². The van der Waals surface area contributed by atoms with Crippen molar-refractivity contribution >= 4 is 23.3 Å². The first kappa shape index (κ1) is 18.4. The highest BCUT2D eigenvalue weighted by atomic mass is 32.1. The SMILES string of the molecule is CC(=S)N(C/C=C/c1ccc(C(C)(C)C)cc1)Cc1ccccc1. The van der Waals surface area contributed by atoms with Crippen LogP contribution in [0.2, 0.25) is 0 Å². The monoisotopic (exact) mass is 337 g/mol. The van der Waals surface area contributed by atoms with Crippen LogP contribution in [0, 0.1) is 0 Å². The molecule has 0 unspecified atom stereocenters. The summed E-state index contributed by atoms with van der Waals surface area (Å²) in [6.07, 6.45) is 4.35. The molecule has 0 atom stereocenters. The Morgan fingerprint density at radius 2 is 1.62 bits per heavy atom. The van der Waals surface area contributed by atoms with E-state index < -0.39 is 0 Å². The van der Waals surface area contributed by atoms with Gasteiger partial charge in [0.1, 0.15) is 0 Å². The summed E-state index contributed by atoms with van der Waals surface area (Å²) in [7, 11) is 0. The molecule has 0 N–H and O–H groups in total. The number of nitrogens with zero attached hydrogens (tertiary/aromatic N) is 1. The summed E-state index contributed by atoms with van der Waals surface area (Å²) in [6.45, 7) is 10.4. The first-order valence-corrected chi connectivity index (χ1v) is 8.83. The highest BCUT2D eigenvalue weighted by Gasteiger charge is 2.12. The number of rotatable bonds is 5. The predicted octanol–water partition coefficient (Wildman–Crippen LogP) is 5.85. The lowest BCUT2D eigenvalue weighted by Crippen LogP contribution is -2.26. The molecule has 0 radical (unpaired) electrons. The fourth-order valence-electron chi connectivity index (χ4n) is 2.52. The maximum absolute atomic E-state index is 5.40. The molecule has 0 fully saturated rings. The topological polar surface area (TPSA) is 3.24 Å². The third-order valence-corrected chi connectivity index (χ3v) is 4.33. The van der Waals surface area contributed by atoms with Gasteiger partial charge in [-0.2, -0.15) is 0 Å². The quantitative estimate of drug-likeness (QED) is 0.630. The molecule has 126 valence electrons. The van der Waals surface area contributed by atoms with Crippen molar-refractivity contribution in [3.05, 3.63) is 77.4 Å². The molecule has 24 heavy (non-hydrogen) atoms. The highest BCUT2D eigenvalue weighted by Crippen LogP contribution is 2.22. The van der Waals surface area contributed by atoms with Crippen LogP contribution in [0.1, 0.15) is 44.4 Å². The maximum atomic E-state index is 5.40. The summed E-state index contributed by atoms with van der Waals surface area (Å²) in [5.41, 5.74) is 4.07. The lowest BCUT2D eigenvalue weighted by molar-refractivity contribution is 0.463. The third-order valence-electron chi connectivity index (χ3n) is 4.07. The first-order valence-electron chi connectivity index (χ1n) is 8.43. The molecule has 0 aromatic heterocycles. The molecule has 0 bridgehead atoms. The molecule has 2 heteroatoms. The average Bonchev–Trinajstić information content (AvgIpc) is 2.54. The second-order valence-electron chi connectivity index (χ2n) is 7.16. The molecule has 0 spiro atoms. The Morgan fingerprint density at radius 3 is 2.17 bits per heavy atom. The predicted molar refractivity (Wildman–Crippen MR) is 109 cm³/mol. The minimum Gasteiger partial charge on any atom is -0.358 e. The second-order valence-corrected chi connectivity index (χ2v) is 7.75. The number of hydrogen-bond acceptors (Lipinski definition) is 1. The molecule has 2 aromatic carbocycles. The van der Waals surface area contributed by atoms with Gasteiger partial charge < -0.3 is 4.90 Å². The van der Waals surface area contributed by atoms with E-state index in [0.29, 0.717) is 0 Å². The Balaban J connectivity index is 1.98. The lowest BCUT2D eigenvalue weighted by Gasteiger charge is -2.22. The van der Waals surface area contributed by atoms with Crippen LogP contribution in [0.25, 0.3) is 6.08 Å². The van der Waals surface area contributed by atoms with Gasteiger partial charge in [0, 0.05) is 13.1 Å². The minimum absolute atomic E-state index is 0.198. The largest absolute Gasteiger partial charge is 0.358 e. The first-order chi connectivity index (χ1) is 11.4. The summed E-state index contributed by atoms with van der Waals surface area (Å²) in [6, 6.07) is 19.3. The van der Waals surface area contributed by atoms with Crippen LogP contribution in [0.15, 0.2) is 60.7 Å². The molecule has 1 nitrogen and oxygen atoms in total. The molecule has 2 aromatic rings. The summed E-state index contributed by atoms with van der Waals surface area (Å²) in [5.74, 6) is 0. The minimum atomic E-state index is 0.198. The number of hydrogen-bond donors (Lipinski definition) is 0. The van der Waals surface area contributed by atoms with E-state index in [1.54, 1.807) is 0 Å². The number of thiocarbonyl (C=S) groups is 1. The second kappa shape index (κ2) is 8.25. The fourth-order valence-corrected chi connectivity index (χ4v) is 2.66. The van der Waals surface area contributed by atoms with E-state index >= 15 is 0 Å². The van der Waals surface area contributed by atoms with Crippen molar-refractivity contribution < 1.29 is 0 Å². The van der Waals surface area contributed by atoms with Gasteiger partial charge in [-0.05, 0) is 29.0 Å². The van der Waals surface area contributed by atoms with Crippen LogP contribution >= 0.6 is 12.2 Å². The smallest absolute Gasteiger partial charge is 0.0753 e. The standard InChI is InChI=1S/C22H27NS/c1-18(24)23(17-20-9-6-5-7-10-20)16-8-11-19-12-14-21(15-13-19)22(2,3)4/h5-15H,16-17H2,1-4H3/b11-8+. The lowest BCUT2D eigenvalue weighted by atomic mass is 9.87. The molecule has 2 rings (SSSR count). The van der Waals surface area contributed by atoms with Crippen molar-refractivity contribution in [1.29, 1.82) is 0 Å². The summed E-state index contributed by atoms with van der Waals surface area (Å²) in [5, 5.41) is 0. The molecular formula is C22H27NS. The third kappa shape index (κ3) is 5.61. The molecule has 0 heterocycles. The van der Waals surface area contributed by atoms with Crippen molar-refractivity contribution in [3.8, 4) is 0 Å². The summed E-state index contributed by atoms with van der Waals surface area (Å²) < 4.78 is 0. The highest BCUT2D eigenvalue weighted by molar-refractivity contribution is 7.80. The van der Waals surface area contributed by atoms with Crippen molar-refractivity contribution in [1.82, 2.24) is 4.90 Å². The molecule has 0 aliphatic carbocycles. The summed E-state index contributed by atoms with van der Waals surface area (Å²) >= 11 is 5.40. The van der Waals surface area contributed by atoms with Gasteiger partial charge in [-0.1, -0.05) is 99.7 Å². The van der Waals surface area contributed by atoms with Crippen LogP contribution in [0.3, 0.4) is 0 Å². The van der Waals surface area contributed by atoms with E-state index in [1.165, 1.54) is 16.7 Å². The zero-order chi connectivity index (χ0) is 17.6. The normalized spacial score (nSPS) is 11.7. The van der Waals surface area contributed by atoms with Gasteiger partial charge in [-0.3, -0.25) is 0 Å². The van der Waals surface area contributed by atoms with Gasteiger partial charge in [-0.25, -0.2) is 0 Å². The Kier molecular flexibility index (Phi) is 6.33. The Morgan fingerprint density at radius 1 is 1.00 bits per heavy atom. The molecule has 0 saturated heterocycles. The average molecular weight is 338 g/mol. The molecule has 0 aliphatic rings. The molecule has 0 amide bonds. The van der Waals surface area contributed by atoms with Crippen LogP contribution in [-0.2, 0) is 12.0 Å². The van der Waals surface area contributed by atoms with Crippen LogP contribution in [-0.4, -0.2) is 16.4 Å². The van der Waals surface area contributed by atoms with Crippen molar-refractivity contribution in [2.75, 3.05) is 6.54 Å². The van der Waals surface area contributed by atoms with E-state index in [1.807, 2.05) is 13.0 Å². The fraction of sp³-hybridized carbons (Fsp3) is 0.318. The van der Waals surface area contributed by atoms with Crippen LogP contribution in [0.5, 0.6) is 0 Å². The zero-order valence-corrected chi connectivity index (χ0v) is 15.9. The Hall–Kier alpha value is -1.93. The van der Waals surface area contributed by atoms with Gasteiger partial charge in [0.25, 0.3) is 0 Å². The molecular weight excluding hydrogens is 310 g/mol. The van der Waals surface area contributed by atoms with Crippen LogP contribution < -0.4 is 0 Å². The van der Waals surface area contributed by atoms with E-state index in [9.17, 15) is 0 Å². The van der Waals surface area contributed by atoms with E-state index in [4.69, 9.17) is 12.2 Å². The Bertz CT molecular complexity index is 678. The van der Waals surface area contributed by atoms with Crippen molar-refractivity contribution in [2.45, 2.75) is 39.7 Å². The van der Waals surface area contributed by atoms with Crippen molar-refractivity contribution in [2.24, 2.45) is 0 Å². The molecule has 0 aliphatic heterocycles. The van der Waals surface area contributed by atoms with Crippen molar-refractivity contribution in [3.63, 3.8) is 0 Å². The van der Waals surface area contributed by atoms with Crippen LogP contribution in [0.4, 0.5) is 0 Å². The van der Waals surface area contributed by atoms with Gasteiger partial charge in [0.2, 0.25) is 0 Å².